The van der Waals surface area contributed by atoms with Crippen LogP contribution >= 0.6 is 0 Å². The van der Waals surface area contributed by atoms with Gasteiger partial charge in [-0.25, -0.2) is 0 Å². The predicted octanol–water partition coefficient (Wildman–Crippen LogP) is 2.36. The maximum absolute atomic E-state index is 5.55. The lowest BCUT2D eigenvalue weighted by molar-refractivity contribution is 0.0481. The van der Waals surface area contributed by atoms with Crippen molar-refractivity contribution in [1.82, 2.24) is 5.32 Å². The van der Waals surface area contributed by atoms with Crippen molar-refractivity contribution in [1.29, 1.82) is 0 Å². The van der Waals surface area contributed by atoms with Gasteiger partial charge in [0.05, 0.1) is 6.10 Å². The third-order valence-corrected chi connectivity index (χ3v) is 2.03. The van der Waals surface area contributed by atoms with Gasteiger partial charge in [-0.1, -0.05) is 12.5 Å². The van der Waals surface area contributed by atoms with Gasteiger partial charge in [0.15, 0.2) is 0 Å². The molecule has 2 atom stereocenters. The standard InChI is InChI=1S/C11H23NO/c1-6-12-11(8-9(3)4)10(5)13-7-2/h10-12H,3,6-8H2,1-2,4-5H3. The van der Waals surface area contributed by atoms with Crippen LogP contribution in [0.4, 0.5) is 0 Å². The summed E-state index contributed by atoms with van der Waals surface area (Å²) in [7, 11) is 0. The Morgan fingerprint density at radius 1 is 1.46 bits per heavy atom. The third kappa shape index (κ3) is 5.83. The quantitative estimate of drug-likeness (QED) is 0.615. The van der Waals surface area contributed by atoms with Gasteiger partial charge in [0, 0.05) is 12.6 Å². The van der Waals surface area contributed by atoms with Crippen molar-refractivity contribution in [3.05, 3.63) is 12.2 Å². The van der Waals surface area contributed by atoms with Crippen LogP contribution < -0.4 is 5.32 Å². The second kappa shape index (κ2) is 7.10. The Hall–Kier alpha value is -0.340. The first-order valence-electron chi connectivity index (χ1n) is 5.11. The van der Waals surface area contributed by atoms with Crippen molar-refractivity contribution in [3.8, 4) is 0 Å². The molecule has 2 nitrogen and oxygen atoms in total. The molecule has 78 valence electrons. The lowest BCUT2D eigenvalue weighted by Crippen LogP contribution is -2.39. The molecule has 0 saturated heterocycles. The lowest BCUT2D eigenvalue weighted by atomic mass is 10.0. The van der Waals surface area contributed by atoms with Crippen LogP contribution in [0.25, 0.3) is 0 Å². The average molecular weight is 185 g/mol. The van der Waals surface area contributed by atoms with Crippen LogP contribution in [0.1, 0.15) is 34.1 Å². The molecule has 0 aliphatic carbocycles. The topological polar surface area (TPSA) is 21.3 Å². The number of ether oxygens (including phenoxy) is 1. The highest BCUT2D eigenvalue weighted by molar-refractivity contribution is 4.94. The Kier molecular flexibility index (Phi) is 6.92. The van der Waals surface area contributed by atoms with Gasteiger partial charge in [-0.3, -0.25) is 0 Å². The molecule has 0 aromatic heterocycles. The molecule has 0 radical (unpaired) electrons. The fourth-order valence-corrected chi connectivity index (χ4v) is 1.42. The SMILES string of the molecule is C=C(C)CC(NCC)C(C)OCC. The van der Waals surface area contributed by atoms with Gasteiger partial charge in [-0.15, -0.1) is 6.58 Å². The Labute approximate surface area is 82.4 Å². The summed E-state index contributed by atoms with van der Waals surface area (Å²) in [5, 5.41) is 3.41. The maximum atomic E-state index is 5.55. The number of rotatable bonds is 7. The Balaban J connectivity index is 3.97. The summed E-state index contributed by atoms with van der Waals surface area (Å²) in [4.78, 5) is 0. The maximum Gasteiger partial charge on any atom is 0.0702 e. The zero-order valence-corrected chi connectivity index (χ0v) is 9.39. The minimum absolute atomic E-state index is 0.265. The molecule has 0 aromatic carbocycles. The molecule has 0 aromatic rings. The van der Waals surface area contributed by atoms with Crippen LogP contribution in [-0.4, -0.2) is 25.3 Å². The smallest absolute Gasteiger partial charge is 0.0702 e. The van der Waals surface area contributed by atoms with Gasteiger partial charge in [-0.2, -0.15) is 0 Å². The molecule has 0 spiro atoms. The van der Waals surface area contributed by atoms with Crippen LogP contribution in [0.15, 0.2) is 12.2 Å². The van der Waals surface area contributed by atoms with E-state index in [2.05, 4.69) is 32.7 Å². The minimum Gasteiger partial charge on any atom is -0.377 e. The highest BCUT2D eigenvalue weighted by Gasteiger charge is 2.15. The predicted molar refractivity (Wildman–Crippen MR) is 58.0 cm³/mol. The molecule has 0 aliphatic rings. The Morgan fingerprint density at radius 2 is 2.08 bits per heavy atom. The molecule has 0 bridgehead atoms. The van der Waals surface area contributed by atoms with Gasteiger partial charge in [0.25, 0.3) is 0 Å². The van der Waals surface area contributed by atoms with E-state index < -0.39 is 0 Å². The van der Waals surface area contributed by atoms with Crippen molar-refractivity contribution in [2.45, 2.75) is 46.3 Å². The van der Waals surface area contributed by atoms with E-state index in [-0.39, 0.29) is 6.10 Å². The van der Waals surface area contributed by atoms with Crippen molar-refractivity contribution in [2.24, 2.45) is 0 Å². The van der Waals surface area contributed by atoms with E-state index in [0.29, 0.717) is 6.04 Å². The largest absolute Gasteiger partial charge is 0.377 e. The zero-order chi connectivity index (χ0) is 10.3. The van der Waals surface area contributed by atoms with Gasteiger partial charge < -0.3 is 10.1 Å². The molecule has 0 saturated carbocycles. The van der Waals surface area contributed by atoms with Crippen LogP contribution in [0.2, 0.25) is 0 Å². The van der Waals surface area contributed by atoms with Crippen molar-refractivity contribution in [3.63, 3.8) is 0 Å². The summed E-state index contributed by atoms with van der Waals surface area (Å²) in [5.41, 5.74) is 1.21. The summed E-state index contributed by atoms with van der Waals surface area (Å²) < 4.78 is 5.55. The molecular weight excluding hydrogens is 162 g/mol. The van der Waals surface area contributed by atoms with Gasteiger partial charge >= 0.3 is 0 Å². The number of likely N-dealkylation sites (N-methyl/N-ethyl adjacent to an activating group) is 1. The molecule has 1 N–H and O–H groups in total. The van der Waals surface area contributed by atoms with Crippen LogP contribution in [0.5, 0.6) is 0 Å². The van der Waals surface area contributed by atoms with Gasteiger partial charge in [-0.05, 0) is 33.7 Å². The summed E-state index contributed by atoms with van der Waals surface area (Å²) in [6.07, 6.45) is 1.26. The fourth-order valence-electron chi connectivity index (χ4n) is 1.42. The molecule has 0 amide bonds. The molecule has 2 unspecified atom stereocenters. The van der Waals surface area contributed by atoms with Crippen LogP contribution in [0, 0.1) is 0 Å². The summed E-state index contributed by atoms with van der Waals surface area (Å²) in [6, 6.07) is 0.405. The Morgan fingerprint density at radius 3 is 2.46 bits per heavy atom. The molecule has 0 heterocycles. The third-order valence-electron chi connectivity index (χ3n) is 2.03. The first kappa shape index (κ1) is 12.7. The zero-order valence-electron chi connectivity index (χ0n) is 9.39. The molecule has 2 heteroatoms. The highest BCUT2D eigenvalue weighted by atomic mass is 16.5. The van der Waals surface area contributed by atoms with E-state index in [1.54, 1.807) is 0 Å². The van der Waals surface area contributed by atoms with Crippen LogP contribution in [-0.2, 0) is 4.74 Å². The van der Waals surface area contributed by atoms with Crippen molar-refractivity contribution < 1.29 is 4.74 Å². The summed E-state index contributed by atoms with van der Waals surface area (Å²) >= 11 is 0. The summed E-state index contributed by atoms with van der Waals surface area (Å²) in [5.74, 6) is 0. The van der Waals surface area contributed by atoms with Gasteiger partial charge in [0.2, 0.25) is 0 Å². The van der Waals surface area contributed by atoms with E-state index in [1.807, 2.05) is 6.92 Å². The average Bonchev–Trinajstić information content (AvgIpc) is 2.03. The van der Waals surface area contributed by atoms with E-state index in [0.717, 1.165) is 19.6 Å². The Bertz CT molecular complexity index is 145. The molecular formula is C11H23NO. The van der Waals surface area contributed by atoms with Crippen molar-refractivity contribution >= 4 is 0 Å². The summed E-state index contributed by atoms with van der Waals surface area (Å²) in [6.45, 7) is 14.0. The molecule has 0 fully saturated rings. The van der Waals surface area contributed by atoms with Crippen molar-refractivity contribution in [2.75, 3.05) is 13.2 Å². The van der Waals surface area contributed by atoms with E-state index in [4.69, 9.17) is 4.74 Å². The number of hydrogen-bond acceptors (Lipinski definition) is 2. The normalized spacial score (nSPS) is 15.4. The first-order chi connectivity index (χ1) is 6.11. The van der Waals surface area contributed by atoms with Gasteiger partial charge in [0.1, 0.15) is 0 Å². The molecule has 0 aliphatic heterocycles. The van der Waals surface area contributed by atoms with E-state index in [1.165, 1.54) is 5.57 Å². The lowest BCUT2D eigenvalue weighted by Gasteiger charge is -2.24. The minimum atomic E-state index is 0.265. The highest BCUT2D eigenvalue weighted by Crippen LogP contribution is 2.08. The monoisotopic (exact) mass is 185 g/mol. The molecule has 13 heavy (non-hydrogen) atoms. The van der Waals surface area contributed by atoms with E-state index in [9.17, 15) is 0 Å². The fraction of sp³-hybridized carbons (Fsp3) is 0.818. The molecule has 0 rings (SSSR count). The first-order valence-corrected chi connectivity index (χ1v) is 5.11. The second-order valence-electron chi connectivity index (χ2n) is 3.49. The number of hydrogen-bond donors (Lipinski definition) is 1. The number of nitrogens with one attached hydrogen (secondary N) is 1. The second-order valence-corrected chi connectivity index (χ2v) is 3.49. The van der Waals surface area contributed by atoms with E-state index >= 15 is 0 Å². The van der Waals surface area contributed by atoms with Crippen LogP contribution in [0.3, 0.4) is 0 Å².